The zero-order valence-corrected chi connectivity index (χ0v) is 12.4. The topological polar surface area (TPSA) is 28.2 Å². The van der Waals surface area contributed by atoms with Crippen LogP contribution in [-0.4, -0.2) is 24.6 Å². The van der Waals surface area contributed by atoms with Gasteiger partial charge in [0.05, 0.1) is 0 Å². The number of pyridine rings is 1. The minimum atomic E-state index is 0.925. The number of piperidine rings is 1. The molecule has 0 radical (unpaired) electrons. The molecule has 1 N–H and O–H groups in total. The summed E-state index contributed by atoms with van der Waals surface area (Å²) < 4.78 is 0. The predicted octanol–water partition coefficient (Wildman–Crippen LogP) is 3.21. The van der Waals surface area contributed by atoms with Gasteiger partial charge in [-0.1, -0.05) is 26.7 Å². The van der Waals surface area contributed by atoms with Gasteiger partial charge in [-0.3, -0.25) is 4.98 Å². The van der Waals surface area contributed by atoms with Gasteiger partial charge in [0.2, 0.25) is 0 Å². The molecule has 1 saturated heterocycles. The Kier molecular flexibility index (Phi) is 5.64. The van der Waals surface area contributed by atoms with Crippen LogP contribution < -0.4 is 10.2 Å². The molecule has 0 unspecified atom stereocenters. The summed E-state index contributed by atoms with van der Waals surface area (Å²) in [6.07, 6.45) is 9.34. The Morgan fingerprint density at radius 1 is 1.32 bits per heavy atom. The van der Waals surface area contributed by atoms with E-state index in [1.54, 1.807) is 0 Å². The summed E-state index contributed by atoms with van der Waals surface area (Å²) in [5, 5.41) is 3.41. The van der Waals surface area contributed by atoms with Crippen LogP contribution >= 0.6 is 0 Å². The van der Waals surface area contributed by atoms with Crippen LogP contribution in [0.25, 0.3) is 0 Å². The van der Waals surface area contributed by atoms with Crippen molar-refractivity contribution in [1.29, 1.82) is 0 Å². The van der Waals surface area contributed by atoms with Gasteiger partial charge in [0, 0.05) is 43.3 Å². The molecule has 0 bridgehead atoms. The fourth-order valence-corrected chi connectivity index (χ4v) is 2.99. The minimum absolute atomic E-state index is 0.925. The second-order valence-electron chi connectivity index (χ2n) is 5.50. The summed E-state index contributed by atoms with van der Waals surface area (Å²) in [5.74, 6) is 0.945. The molecule has 1 fully saturated rings. The van der Waals surface area contributed by atoms with Crippen molar-refractivity contribution in [3.05, 3.63) is 24.0 Å². The Hall–Kier alpha value is -1.09. The molecular formula is C16H27N3. The fraction of sp³-hybridized carbons (Fsp3) is 0.688. The van der Waals surface area contributed by atoms with Crippen LogP contribution in [0.2, 0.25) is 0 Å². The molecule has 3 nitrogen and oxygen atoms in total. The van der Waals surface area contributed by atoms with Crippen LogP contribution in [0.15, 0.2) is 18.5 Å². The van der Waals surface area contributed by atoms with Crippen molar-refractivity contribution >= 4 is 5.69 Å². The van der Waals surface area contributed by atoms with E-state index in [0.717, 1.165) is 19.0 Å². The summed E-state index contributed by atoms with van der Waals surface area (Å²) >= 11 is 0. The maximum absolute atomic E-state index is 4.27. The number of nitrogens with one attached hydrogen (secondary N) is 1. The third-order valence-corrected chi connectivity index (χ3v) is 4.10. The lowest BCUT2D eigenvalue weighted by molar-refractivity contribution is 0.378. The number of hydrogen-bond acceptors (Lipinski definition) is 3. The molecule has 2 rings (SSSR count). The van der Waals surface area contributed by atoms with Crippen LogP contribution in [0.1, 0.15) is 45.1 Å². The normalized spacial score (nSPS) is 16.8. The molecule has 1 aromatic rings. The smallest absolute Gasteiger partial charge is 0.0442 e. The Morgan fingerprint density at radius 3 is 2.79 bits per heavy atom. The Balaban J connectivity index is 1.98. The van der Waals surface area contributed by atoms with Crippen molar-refractivity contribution in [2.45, 2.75) is 46.1 Å². The second kappa shape index (κ2) is 7.49. The van der Waals surface area contributed by atoms with Crippen molar-refractivity contribution in [2.75, 3.05) is 24.5 Å². The first-order valence-corrected chi connectivity index (χ1v) is 7.73. The number of hydrogen-bond donors (Lipinski definition) is 1. The largest absolute Gasteiger partial charge is 0.371 e. The van der Waals surface area contributed by atoms with E-state index in [0.29, 0.717) is 0 Å². The highest BCUT2D eigenvalue weighted by molar-refractivity contribution is 5.52. The third-order valence-electron chi connectivity index (χ3n) is 4.10. The lowest BCUT2D eigenvalue weighted by atomic mass is 9.92. The highest BCUT2D eigenvalue weighted by Crippen LogP contribution is 2.27. The molecule has 1 aliphatic heterocycles. The van der Waals surface area contributed by atoms with E-state index >= 15 is 0 Å². The zero-order valence-electron chi connectivity index (χ0n) is 12.4. The summed E-state index contributed by atoms with van der Waals surface area (Å²) in [5.41, 5.74) is 2.71. The number of anilines is 1. The molecule has 0 amide bonds. The van der Waals surface area contributed by atoms with Crippen molar-refractivity contribution in [3.8, 4) is 0 Å². The van der Waals surface area contributed by atoms with E-state index in [4.69, 9.17) is 0 Å². The van der Waals surface area contributed by atoms with Gasteiger partial charge in [-0.2, -0.15) is 0 Å². The average Bonchev–Trinajstić information content (AvgIpc) is 2.47. The van der Waals surface area contributed by atoms with Gasteiger partial charge >= 0.3 is 0 Å². The summed E-state index contributed by atoms with van der Waals surface area (Å²) in [6.45, 7) is 8.78. The van der Waals surface area contributed by atoms with E-state index in [1.165, 1.54) is 50.0 Å². The third kappa shape index (κ3) is 3.93. The van der Waals surface area contributed by atoms with Crippen molar-refractivity contribution in [2.24, 2.45) is 5.92 Å². The van der Waals surface area contributed by atoms with Gasteiger partial charge in [0.1, 0.15) is 0 Å². The molecule has 106 valence electrons. The van der Waals surface area contributed by atoms with E-state index in [-0.39, 0.29) is 0 Å². The molecule has 0 aromatic carbocycles. The van der Waals surface area contributed by atoms with E-state index in [1.807, 2.05) is 12.4 Å². The van der Waals surface area contributed by atoms with Gasteiger partial charge < -0.3 is 10.2 Å². The minimum Gasteiger partial charge on any atom is -0.371 e. The van der Waals surface area contributed by atoms with Crippen LogP contribution in [0.3, 0.4) is 0 Å². The molecule has 0 aliphatic carbocycles. The molecule has 0 atom stereocenters. The first-order chi connectivity index (χ1) is 9.35. The van der Waals surface area contributed by atoms with Gasteiger partial charge in [0.15, 0.2) is 0 Å². The Morgan fingerprint density at radius 2 is 2.11 bits per heavy atom. The molecular weight excluding hydrogens is 234 g/mol. The Labute approximate surface area is 117 Å². The second-order valence-corrected chi connectivity index (χ2v) is 5.50. The highest BCUT2D eigenvalue weighted by Gasteiger charge is 2.20. The van der Waals surface area contributed by atoms with Crippen LogP contribution in [0.5, 0.6) is 0 Å². The zero-order chi connectivity index (χ0) is 13.5. The first-order valence-electron chi connectivity index (χ1n) is 7.73. The summed E-state index contributed by atoms with van der Waals surface area (Å²) in [4.78, 5) is 6.81. The van der Waals surface area contributed by atoms with Gasteiger partial charge in [-0.05, 0) is 31.4 Å². The van der Waals surface area contributed by atoms with Gasteiger partial charge in [-0.25, -0.2) is 0 Å². The molecule has 0 spiro atoms. The van der Waals surface area contributed by atoms with Crippen LogP contribution in [-0.2, 0) is 6.54 Å². The maximum Gasteiger partial charge on any atom is 0.0442 e. The quantitative estimate of drug-likeness (QED) is 0.852. The maximum atomic E-state index is 4.27. The SMILES string of the molecule is CCCC1CCN(c2ccncc2CNCC)CC1. The highest BCUT2D eigenvalue weighted by atomic mass is 15.1. The Bertz CT molecular complexity index is 370. The molecule has 1 aliphatic rings. The molecule has 0 saturated carbocycles. The van der Waals surface area contributed by atoms with Gasteiger partial charge in [-0.15, -0.1) is 0 Å². The van der Waals surface area contributed by atoms with Crippen LogP contribution in [0.4, 0.5) is 5.69 Å². The van der Waals surface area contributed by atoms with E-state index < -0.39 is 0 Å². The lowest BCUT2D eigenvalue weighted by Crippen LogP contribution is -2.34. The number of rotatable bonds is 6. The predicted molar refractivity (Wildman–Crippen MR) is 81.5 cm³/mol. The van der Waals surface area contributed by atoms with Crippen molar-refractivity contribution in [3.63, 3.8) is 0 Å². The molecule has 19 heavy (non-hydrogen) atoms. The van der Waals surface area contributed by atoms with E-state index in [2.05, 4.69) is 35.1 Å². The number of nitrogens with zero attached hydrogens (tertiary/aromatic N) is 2. The number of aromatic nitrogens is 1. The van der Waals surface area contributed by atoms with Crippen molar-refractivity contribution < 1.29 is 0 Å². The van der Waals surface area contributed by atoms with Gasteiger partial charge in [0.25, 0.3) is 0 Å². The van der Waals surface area contributed by atoms with Crippen LogP contribution in [0, 0.1) is 5.92 Å². The standard InChI is InChI=1S/C16H27N3/c1-3-5-14-7-10-19(11-8-14)16-6-9-18-13-15(16)12-17-4-2/h6,9,13-14,17H,3-5,7-8,10-12H2,1-2H3. The fourth-order valence-electron chi connectivity index (χ4n) is 2.99. The van der Waals surface area contributed by atoms with E-state index in [9.17, 15) is 0 Å². The lowest BCUT2D eigenvalue weighted by Gasteiger charge is -2.34. The summed E-state index contributed by atoms with van der Waals surface area (Å²) in [6, 6.07) is 2.17. The molecule has 2 heterocycles. The molecule has 3 heteroatoms. The average molecular weight is 261 g/mol. The van der Waals surface area contributed by atoms with Crippen molar-refractivity contribution in [1.82, 2.24) is 10.3 Å². The molecule has 1 aromatic heterocycles. The first kappa shape index (κ1) is 14.3. The summed E-state index contributed by atoms with van der Waals surface area (Å²) in [7, 11) is 0. The monoisotopic (exact) mass is 261 g/mol.